The van der Waals surface area contributed by atoms with Crippen molar-refractivity contribution >= 4 is 34.8 Å². The molecule has 0 atom stereocenters. The lowest BCUT2D eigenvalue weighted by Gasteiger charge is -2.06. The van der Waals surface area contributed by atoms with Crippen LogP contribution >= 0.6 is 23.2 Å². The first-order chi connectivity index (χ1) is 10.1. The molecule has 2 rings (SSSR count). The average Bonchev–Trinajstić information content (AvgIpc) is 2.49. The smallest absolute Gasteiger partial charge is 0.267 e. The van der Waals surface area contributed by atoms with Crippen molar-refractivity contribution in [2.45, 2.75) is 13.3 Å². The first kappa shape index (κ1) is 15.5. The van der Waals surface area contributed by atoms with Gasteiger partial charge in [-0.2, -0.15) is 5.10 Å². The molecule has 0 saturated carbocycles. The van der Waals surface area contributed by atoms with Gasteiger partial charge in [-0.25, -0.2) is 5.43 Å². The fourth-order valence-electron chi connectivity index (χ4n) is 1.81. The van der Waals surface area contributed by atoms with Crippen molar-refractivity contribution in [2.24, 2.45) is 5.10 Å². The van der Waals surface area contributed by atoms with Gasteiger partial charge in [-0.1, -0.05) is 54.4 Å². The second-order valence-electron chi connectivity index (χ2n) is 4.34. The van der Waals surface area contributed by atoms with Gasteiger partial charge in [0.15, 0.2) is 0 Å². The molecule has 0 spiro atoms. The first-order valence-electron chi connectivity index (χ1n) is 6.49. The predicted molar refractivity (Wildman–Crippen MR) is 87.2 cm³/mol. The van der Waals surface area contributed by atoms with Crippen LogP contribution in [-0.2, 0) is 0 Å². The van der Waals surface area contributed by atoms with E-state index >= 15 is 0 Å². The molecule has 0 heterocycles. The monoisotopic (exact) mass is 320 g/mol. The molecule has 1 N–H and O–H groups in total. The molecule has 0 radical (unpaired) electrons. The summed E-state index contributed by atoms with van der Waals surface area (Å²) in [5.41, 5.74) is 4.62. The van der Waals surface area contributed by atoms with Crippen LogP contribution in [0.15, 0.2) is 53.6 Å². The van der Waals surface area contributed by atoms with Crippen LogP contribution in [-0.4, -0.2) is 11.6 Å². The quantitative estimate of drug-likeness (QED) is 0.652. The molecule has 108 valence electrons. The van der Waals surface area contributed by atoms with Gasteiger partial charge in [-0.05, 0) is 36.2 Å². The number of halogens is 2. The van der Waals surface area contributed by atoms with Crippen LogP contribution in [0.25, 0.3) is 0 Å². The molecule has 1 amide bonds. The molecule has 2 aromatic rings. The van der Waals surface area contributed by atoms with E-state index in [-0.39, 0.29) is 5.91 Å². The van der Waals surface area contributed by atoms with Crippen molar-refractivity contribution in [3.05, 3.63) is 69.7 Å². The van der Waals surface area contributed by atoms with Gasteiger partial charge in [0.2, 0.25) is 0 Å². The minimum atomic E-state index is -0.333. The number of nitrogens with one attached hydrogen (secondary N) is 1. The molecule has 2 aromatic carbocycles. The van der Waals surface area contributed by atoms with E-state index in [1.807, 2.05) is 19.1 Å². The van der Waals surface area contributed by atoms with E-state index in [9.17, 15) is 4.79 Å². The van der Waals surface area contributed by atoms with Crippen molar-refractivity contribution in [1.29, 1.82) is 0 Å². The topological polar surface area (TPSA) is 41.5 Å². The summed E-state index contributed by atoms with van der Waals surface area (Å²) in [7, 11) is 0. The summed E-state index contributed by atoms with van der Waals surface area (Å²) in [6, 6.07) is 14.2. The number of hydrogen-bond acceptors (Lipinski definition) is 2. The van der Waals surface area contributed by atoms with Crippen LogP contribution in [0.5, 0.6) is 0 Å². The van der Waals surface area contributed by atoms with Crippen LogP contribution in [0.2, 0.25) is 10.0 Å². The van der Waals surface area contributed by atoms with Gasteiger partial charge in [0.1, 0.15) is 0 Å². The molecular weight excluding hydrogens is 307 g/mol. The molecule has 0 aromatic heterocycles. The Bertz CT molecular complexity index is 666. The highest BCUT2D eigenvalue weighted by atomic mass is 35.5. The zero-order valence-electron chi connectivity index (χ0n) is 11.4. The third kappa shape index (κ3) is 4.06. The van der Waals surface area contributed by atoms with Crippen LogP contribution in [0.3, 0.4) is 0 Å². The Morgan fingerprint density at radius 3 is 2.38 bits per heavy atom. The van der Waals surface area contributed by atoms with E-state index in [1.54, 1.807) is 36.4 Å². The standard InChI is InChI=1S/C16H14Cl2N2O/c1-2-15(11-7-9-12(17)10-8-11)19-20-16(21)13-5-3-4-6-14(13)18/h3-10H,2H2,1H3,(H,20,21)/b19-15+. The minimum Gasteiger partial charge on any atom is -0.267 e. The van der Waals surface area contributed by atoms with Crippen molar-refractivity contribution in [2.75, 3.05) is 0 Å². The molecule has 0 unspecified atom stereocenters. The van der Waals surface area contributed by atoms with Gasteiger partial charge in [-0.3, -0.25) is 4.79 Å². The summed E-state index contributed by atoms with van der Waals surface area (Å²) in [5, 5.41) is 5.23. The number of amides is 1. The summed E-state index contributed by atoms with van der Waals surface area (Å²) >= 11 is 11.8. The fourth-order valence-corrected chi connectivity index (χ4v) is 2.16. The number of hydrazone groups is 1. The predicted octanol–water partition coefficient (Wildman–Crippen LogP) is 4.54. The van der Waals surface area contributed by atoms with Crippen LogP contribution in [0, 0.1) is 0 Å². The van der Waals surface area contributed by atoms with Gasteiger partial charge >= 0.3 is 0 Å². The maximum atomic E-state index is 12.0. The second-order valence-corrected chi connectivity index (χ2v) is 5.18. The largest absolute Gasteiger partial charge is 0.272 e. The Labute approximate surface area is 133 Å². The lowest BCUT2D eigenvalue weighted by molar-refractivity contribution is 0.0955. The maximum absolute atomic E-state index is 12.0. The zero-order chi connectivity index (χ0) is 15.2. The highest BCUT2D eigenvalue weighted by Crippen LogP contribution is 2.15. The third-order valence-electron chi connectivity index (χ3n) is 2.92. The fraction of sp³-hybridized carbons (Fsp3) is 0.125. The van der Waals surface area contributed by atoms with Crippen LogP contribution in [0.4, 0.5) is 0 Å². The van der Waals surface area contributed by atoms with E-state index in [2.05, 4.69) is 10.5 Å². The molecule has 0 aliphatic carbocycles. The molecular formula is C16H14Cl2N2O. The van der Waals surface area contributed by atoms with Crippen molar-refractivity contribution in [1.82, 2.24) is 5.43 Å². The minimum absolute atomic E-state index is 0.333. The molecule has 0 bridgehead atoms. The number of carbonyl (C=O) groups excluding carboxylic acids is 1. The molecule has 0 saturated heterocycles. The molecule has 21 heavy (non-hydrogen) atoms. The second kappa shape index (κ2) is 7.25. The SMILES string of the molecule is CC/C(=N\NC(=O)c1ccccc1Cl)c1ccc(Cl)cc1. The first-order valence-corrected chi connectivity index (χ1v) is 7.24. The van der Waals surface area contributed by atoms with Crippen molar-refractivity contribution in [3.8, 4) is 0 Å². The van der Waals surface area contributed by atoms with Gasteiger partial charge < -0.3 is 0 Å². The summed E-state index contributed by atoms with van der Waals surface area (Å²) in [4.78, 5) is 12.0. The summed E-state index contributed by atoms with van der Waals surface area (Å²) in [6.07, 6.45) is 0.685. The zero-order valence-corrected chi connectivity index (χ0v) is 12.9. The summed E-state index contributed by atoms with van der Waals surface area (Å²) in [5.74, 6) is -0.333. The van der Waals surface area contributed by atoms with Crippen LogP contribution < -0.4 is 5.43 Å². The van der Waals surface area contributed by atoms with Gasteiger partial charge in [0.25, 0.3) is 5.91 Å². The highest BCUT2D eigenvalue weighted by Gasteiger charge is 2.09. The molecule has 0 aliphatic heterocycles. The van der Waals surface area contributed by atoms with Crippen LogP contribution in [0.1, 0.15) is 29.3 Å². The number of carbonyl (C=O) groups is 1. The lowest BCUT2D eigenvalue weighted by atomic mass is 10.1. The molecule has 5 heteroatoms. The van der Waals surface area contributed by atoms with E-state index in [4.69, 9.17) is 23.2 Å². The normalized spacial score (nSPS) is 11.3. The molecule has 0 fully saturated rings. The molecule has 0 aliphatic rings. The van der Waals surface area contributed by atoms with Gasteiger partial charge in [0.05, 0.1) is 16.3 Å². The lowest BCUT2D eigenvalue weighted by Crippen LogP contribution is -2.20. The number of rotatable bonds is 4. The maximum Gasteiger partial charge on any atom is 0.272 e. The Morgan fingerprint density at radius 1 is 1.10 bits per heavy atom. The van der Waals surface area contributed by atoms with Crippen molar-refractivity contribution in [3.63, 3.8) is 0 Å². The Kier molecular flexibility index (Phi) is 5.37. The van der Waals surface area contributed by atoms with E-state index in [0.29, 0.717) is 22.0 Å². The Morgan fingerprint density at radius 2 is 1.76 bits per heavy atom. The Balaban J connectivity index is 2.16. The third-order valence-corrected chi connectivity index (χ3v) is 3.50. The highest BCUT2D eigenvalue weighted by molar-refractivity contribution is 6.33. The number of benzene rings is 2. The summed E-state index contributed by atoms with van der Waals surface area (Å²) in [6.45, 7) is 1.97. The van der Waals surface area contributed by atoms with Gasteiger partial charge in [-0.15, -0.1) is 0 Å². The van der Waals surface area contributed by atoms with E-state index in [0.717, 1.165) is 11.3 Å². The average molecular weight is 321 g/mol. The Hall–Kier alpha value is -1.84. The molecule has 3 nitrogen and oxygen atoms in total. The van der Waals surface area contributed by atoms with Gasteiger partial charge in [0, 0.05) is 5.02 Å². The number of hydrogen-bond donors (Lipinski definition) is 1. The van der Waals surface area contributed by atoms with E-state index in [1.165, 1.54) is 0 Å². The number of nitrogens with zero attached hydrogens (tertiary/aromatic N) is 1. The van der Waals surface area contributed by atoms with Crippen molar-refractivity contribution < 1.29 is 4.79 Å². The van der Waals surface area contributed by atoms with E-state index < -0.39 is 0 Å². The summed E-state index contributed by atoms with van der Waals surface area (Å²) < 4.78 is 0.